The van der Waals surface area contributed by atoms with E-state index in [0.29, 0.717) is 23.7 Å². The van der Waals surface area contributed by atoms with Crippen LogP contribution >= 0.6 is 11.8 Å². The van der Waals surface area contributed by atoms with Crippen LogP contribution < -0.4 is 0 Å². The lowest BCUT2D eigenvalue weighted by molar-refractivity contribution is -0.138. The van der Waals surface area contributed by atoms with Gasteiger partial charge in [-0.3, -0.25) is 9.59 Å². The first-order valence-corrected chi connectivity index (χ1v) is 9.21. The van der Waals surface area contributed by atoms with Gasteiger partial charge in [-0.05, 0) is 32.0 Å². The van der Waals surface area contributed by atoms with Gasteiger partial charge in [0.2, 0.25) is 0 Å². The highest BCUT2D eigenvalue weighted by Gasteiger charge is 2.29. The number of hydrogen-bond donors (Lipinski definition) is 1. The number of aliphatic carboxylic acids is 1. The van der Waals surface area contributed by atoms with E-state index in [1.165, 1.54) is 6.20 Å². The molecule has 1 aliphatic heterocycles. The first-order chi connectivity index (χ1) is 12.0. The fourth-order valence-corrected chi connectivity index (χ4v) is 4.02. The lowest BCUT2D eigenvalue weighted by Gasteiger charge is -2.34. The summed E-state index contributed by atoms with van der Waals surface area (Å²) in [5, 5.41) is 13.4. The fraction of sp³-hybridized carbons (Fsp3) is 0.412. The molecule has 1 fully saturated rings. The van der Waals surface area contributed by atoms with Crippen LogP contribution in [0.25, 0.3) is 5.82 Å². The molecule has 0 radical (unpaired) electrons. The van der Waals surface area contributed by atoms with Crippen LogP contribution in [-0.2, 0) is 4.79 Å². The van der Waals surface area contributed by atoms with Gasteiger partial charge in [0, 0.05) is 29.9 Å². The number of nitrogens with zero attached hydrogens (tertiary/aromatic N) is 4. The van der Waals surface area contributed by atoms with Crippen molar-refractivity contribution >= 4 is 23.6 Å². The number of carbonyl (C=O) groups excluding carboxylic acids is 1. The van der Waals surface area contributed by atoms with Crippen LogP contribution in [0, 0.1) is 13.8 Å². The van der Waals surface area contributed by atoms with Gasteiger partial charge in [-0.25, -0.2) is 9.67 Å². The van der Waals surface area contributed by atoms with E-state index in [9.17, 15) is 9.59 Å². The van der Waals surface area contributed by atoms with Crippen molar-refractivity contribution in [2.75, 3.05) is 18.1 Å². The van der Waals surface area contributed by atoms with E-state index < -0.39 is 5.97 Å². The van der Waals surface area contributed by atoms with E-state index >= 15 is 0 Å². The zero-order valence-corrected chi connectivity index (χ0v) is 15.0. The minimum absolute atomic E-state index is 0.0317. The van der Waals surface area contributed by atoms with E-state index in [1.54, 1.807) is 33.5 Å². The summed E-state index contributed by atoms with van der Waals surface area (Å²) in [5.74, 6) is 1.06. The molecule has 0 aliphatic carbocycles. The monoisotopic (exact) mass is 360 g/mol. The molecule has 8 heteroatoms. The third-order valence-electron chi connectivity index (χ3n) is 4.12. The zero-order chi connectivity index (χ0) is 18.0. The first-order valence-electron chi connectivity index (χ1n) is 8.06. The van der Waals surface area contributed by atoms with E-state index in [2.05, 4.69) is 10.1 Å². The van der Waals surface area contributed by atoms with Gasteiger partial charge >= 0.3 is 5.97 Å². The molecule has 1 unspecified atom stereocenters. The van der Waals surface area contributed by atoms with Gasteiger partial charge in [-0.2, -0.15) is 16.9 Å². The lowest BCUT2D eigenvalue weighted by Crippen LogP contribution is -2.47. The number of aromatic nitrogens is 3. The van der Waals surface area contributed by atoms with Crippen molar-refractivity contribution in [3.8, 4) is 5.82 Å². The maximum absolute atomic E-state index is 12.8. The van der Waals surface area contributed by atoms with Crippen LogP contribution in [-0.4, -0.2) is 60.7 Å². The predicted molar refractivity (Wildman–Crippen MR) is 95.2 cm³/mol. The van der Waals surface area contributed by atoms with Crippen LogP contribution in [0.15, 0.2) is 24.4 Å². The molecule has 1 saturated heterocycles. The van der Waals surface area contributed by atoms with Crippen LogP contribution in [0.3, 0.4) is 0 Å². The highest BCUT2D eigenvalue weighted by atomic mass is 32.2. The Morgan fingerprint density at radius 2 is 2.16 bits per heavy atom. The third kappa shape index (κ3) is 3.84. The smallest absolute Gasteiger partial charge is 0.305 e. The molecule has 25 heavy (non-hydrogen) atoms. The third-order valence-corrected chi connectivity index (χ3v) is 5.21. The second-order valence-corrected chi connectivity index (χ2v) is 7.22. The second-order valence-electron chi connectivity index (χ2n) is 6.07. The van der Waals surface area contributed by atoms with Gasteiger partial charge in [0.15, 0.2) is 5.82 Å². The van der Waals surface area contributed by atoms with Crippen LogP contribution in [0.1, 0.15) is 28.2 Å². The summed E-state index contributed by atoms with van der Waals surface area (Å²) in [6.07, 6.45) is 1.50. The van der Waals surface area contributed by atoms with Crippen molar-refractivity contribution in [2.45, 2.75) is 26.3 Å². The molecule has 0 bridgehead atoms. The average molecular weight is 360 g/mol. The van der Waals surface area contributed by atoms with E-state index in [4.69, 9.17) is 5.11 Å². The molecular weight excluding hydrogens is 340 g/mol. The van der Waals surface area contributed by atoms with Crippen molar-refractivity contribution < 1.29 is 14.7 Å². The molecule has 0 saturated carbocycles. The van der Waals surface area contributed by atoms with Crippen molar-refractivity contribution in [3.63, 3.8) is 0 Å². The molecule has 1 aliphatic rings. The molecule has 1 atom stereocenters. The van der Waals surface area contributed by atoms with Crippen LogP contribution in [0.2, 0.25) is 0 Å². The van der Waals surface area contributed by atoms with Crippen molar-refractivity contribution in [3.05, 3.63) is 41.3 Å². The van der Waals surface area contributed by atoms with Crippen molar-refractivity contribution in [1.29, 1.82) is 0 Å². The molecule has 3 rings (SSSR count). The number of carboxylic acids is 1. The average Bonchev–Trinajstić information content (AvgIpc) is 2.93. The quantitative estimate of drug-likeness (QED) is 0.896. The van der Waals surface area contributed by atoms with Gasteiger partial charge in [0.1, 0.15) is 0 Å². The Labute approximate surface area is 150 Å². The van der Waals surface area contributed by atoms with Crippen LogP contribution in [0.5, 0.6) is 0 Å². The number of hydrogen-bond acceptors (Lipinski definition) is 5. The lowest BCUT2D eigenvalue weighted by atomic mass is 10.1. The minimum Gasteiger partial charge on any atom is -0.481 e. The standard InChI is InChI=1S/C17H20N4O3S/c1-11-7-12(2)21(19-11)15-4-3-13(9-18-15)17(24)20-5-6-25-10-14(20)8-16(22)23/h3-4,7,9,14H,5-6,8,10H2,1-2H3,(H,22,23). The molecule has 0 aromatic carbocycles. The van der Waals surface area contributed by atoms with Crippen molar-refractivity contribution in [2.24, 2.45) is 0 Å². The molecule has 132 valence electrons. The number of thioether (sulfide) groups is 1. The SMILES string of the molecule is Cc1cc(C)n(-c2ccc(C(=O)N3CCSCC3CC(=O)O)cn2)n1. The number of amides is 1. The number of aryl methyl sites for hydroxylation is 2. The Hall–Kier alpha value is -2.35. The van der Waals surface area contributed by atoms with Gasteiger partial charge < -0.3 is 10.0 Å². The number of pyridine rings is 1. The Balaban J connectivity index is 1.80. The molecular formula is C17H20N4O3S. The predicted octanol–water partition coefficient (Wildman–Crippen LogP) is 1.92. The molecule has 0 spiro atoms. The Kier molecular flexibility index (Phi) is 5.08. The fourth-order valence-electron chi connectivity index (χ4n) is 2.96. The highest BCUT2D eigenvalue weighted by Crippen LogP contribution is 2.21. The summed E-state index contributed by atoms with van der Waals surface area (Å²) < 4.78 is 1.73. The maximum atomic E-state index is 12.8. The molecule has 1 amide bonds. The number of rotatable bonds is 4. The van der Waals surface area contributed by atoms with Gasteiger partial charge in [0.25, 0.3) is 5.91 Å². The minimum atomic E-state index is -0.886. The summed E-state index contributed by atoms with van der Waals surface area (Å²) in [4.78, 5) is 29.8. The Morgan fingerprint density at radius 3 is 2.76 bits per heavy atom. The van der Waals surface area contributed by atoms with E-state index in [0.717, 1.165) is 17.1 Å². The Bertz CT molecular complexity index is 788. The Morgan fingerprint density at radius 1 is 1.36 bits per heavy atom. The molecule has 2 aromatic rings. The summed E-state index contributed by atoms with van der Waals surface area (Å²) in [5.41, 5.74) is 2.34. The maximum Gasteiger partial charge on any atom is 0.305 e. The molecule has 1 N–H and O–H groups in total. The zero-order valence-electron chi connectivity index (χ0n) is 14.2. The number of carbonyl (C=O) groups is 2. The van der Waals surface area contributed by atoms with Crippen LogP contribution in [0.4, 0.5) is 0 Å². The van der Waals surface area contributed by atoms with Gasteiger partial charge in [-0.15, -0.1) is 0 Å². The largest absolute Gasteiger partial charge is 0.481 e. The highest BCUT2D eigenvalue weighted by molar-refractivity contribution is 7.99. The molecule has 3 heterocycles. The molecule has 2 aromatic heterocycles. The summed E-state index contributed by atoms with van der Waals surface area (Å²) in [6, 6.07) is 5.17. The summed E-state index contributed by atoms with van der Waals surface area (Å²) >= 11 is 1.68. The first kappa shape index (κ1) is 17.5. The van der Waals surface area contributed by atoms with Gasteiger partial charge in [-0.1, -0.05) is 0 Å². The van der Waals surface area contributed by atoms with E-state index in [-0.39, 0.29) is 18.4 Å². The summed E-state index contributed by atoms with van der Waals surface area (Å²) in [7, 11) is 0. The molecule has 7 nitrogen and oxygen atoms in total. The second kappa shape index (κ2) is 7.26. The normalized spacial score (nSPS) is 17.5. The van der Waals surface area contributed by atoms with E-state index in [1.807, 2.05) is 19.9 Å². The summed E-state index contributed by atoms with van der Waals surface area (Å²) in [6.45, 7) is 4.42. The number of carboxylic acid groups (broad SMARTS) is 1. The van der Waals surface area contributed by atoms with Gasteiger partial charge in [0.05, 0.1) is 23.7 Å². The van der Waals surface area contributed by atoms with Crippen molar-refractivity contribution in [1.82, 2.24) is 19.7 Å². The topological polar surface area (TPSA) is 88.3 Å².